The van der Waals surface area contributed by atoms with Gasteiger partial charge in [-0.25, -0.2) is 8.42 Å². The first-order valence-corrected chi connectivity index (χ1v) is 11.8. The van der Waals surface area contributed by atoms with E-state index in [2.05, 4.69) is 5.32 Å². The van der Waals surface area contributed by atoms with Gasteiger partial charge in [-0.1, -0.05) is 53.9 Å². The molecule has 1 unspecified atom stereocenters. The van der Waals surface area contributed by atoms with Crippen molar-refractivity contribution >= 4 is 27.5 Å². The highest BCUT2D eigenvalue weighted by Crippen LogP contribution is 2.27. The number of sulfonamides is 1. The lowest BCUT2D eigenvalue weighted by atomic mass is 10.0. The van der Waals surface area contributed by atoms with Gasteiger partial charge in [-0.05, 0) is 49.9 Å². The summed E-state index contributed by atoms with van der Waals surface area (Å²) in [6.07, 6.45) is 3.49. The van der Waals surface area contributed by atoms with E-state index in [1.165, 1.54) is 0 Å². The standard InChI is InChI=1S/C22H27ClN2O3S/c1-17-9-11-20(12-10-17)29(27,28)25-15-5-4-7-19(25)13-14-24-22(26)16-18-6-2-3-8-21(18)23/h2-3,6,8-12,19H,4-5,7,13-16H2,1H3,(H,24,26). The lowest BCUT2D eigenvalue weighted by molar-refractivity contribution is -0.120. The number of carbonyl (C=O) groups excluding carboxylic acids is 1. The molecule has 7 heteroatoms. The molecule has 156 valence electrons. The summed E-state index contributed by atoms with van der Waals surface area (Å²) in [6, 6.07) is 14.2. The van der Waals surface area contributed by atoms with E-state index in [0.29, 0.717) is 29.4 Å². The van der Waals surface area contributed by atoms with Crippen molar-refractivity contribution in [1.29, 1.82) is 0 Å². The Kier molecular flexibility index (Phi) is 7.33. The van der Waals surface area contributed by atoms with E-state index in [1.807, 2.05) is 37.3 Å². The molecule has 1 N–H and O–H groups in total. The molecule has 1 amide bonds. The summed E-state index contributed by atoms with van der Waals surface area (Å²) in [5.41, 5.74) is 1.81. The van der Waals surface area contributed by atoms with Crippen LogP contribution in [0.5, 0.6) is 0 Å². The zero-order chi connectivity index (χ0) is 20.9. The summed E-state index contributed by atoms with van der Waals surface area (Å²) in [6.45, 7) is 2.90. The molecule has 1 atom stereocenters. The topological polar surface area (TPSA) is 66.5 Å². The number of aryl methyl sites for hydroxylation is 1. The molecule has 5 nitrogen and oxygen atoms in total. The second-order valence-corrected chi connectivity index (χ2v) is 9.78. The zero-order valence-corrected chi connectivity index (χ0v) is 18.2. The van der Waals surface area contributed by atoms with Crippen molar-refractivity contribution < 1.29 is 13.2 Å². The first-order chi connectivity index (χ1) is 13.9. The summed E-state index contributed by atoms with van der Waals surface area (Å²) in [5, 5.41) is 3.48. The van der Waals surface area contributed by atoms with Gasteiger partial charge in [-0.15, -0.1) is 0 Å². The van der Waals surface area contributed by atoms with E-state index in [1.54, 1.807) is 22.5 Å². The Morgan fingerprint density at radius 2 is 1.86 bits per heavy atom. The van der Waals surface area contributed by atoms with E-state index >= 15 is 0 Å². The van der Waals surface area contributed by atoms with Crippen molar-refractivity contribution in [3.05, 3.63) is 64.7 Å². The molecule has 0 saturated carbocycles. The number of halogens is 1. The second-order valence-electron chi connectivity index (χ2n) is 7.49. The van der Waals surface area contributed by atoms with E-state index < -0.39 is 10.0 Å². The predicted octanol–water partition coefficient (Wildman–Crippen LogP) is 3.94. The van der Waals surface area contributed by atoms with Crippen LogP contribution in [0.1, 0.15) is 36.8 Å². The van der Waals surface area contributed by atoms with Crippen LogP contribution in [-0.4, -0.2) is 37.8 Å². The fourth-order valence-electron chi connectivity index (χ4n) is 3.68. The van der Waals surface area contributed by atoms with Gasteiger partial charge in [0.05, 0.1) is 11.3 Å². The molecular weight excluding hydrogens is 408 g/mol. The summed E-state index contributed by atoms with van der Waals surface area (Å²) < 4.78 is 27.8. The van der Waals surface area contributed by atoms with E-state index in [-0.39, 0.29) is 18.4 Å². The molecule has 3 rings (SSSR count). The van der Waals surface area contributed by atoms with Crippen molar-refractivity contribution in [2.24, 2.45) is 0 Å². The van der Waals surface area contributed by atoms with Gasteiger partial charge >= 0.3 is 0 Å². The fourth-order valence-corrected chi connectivity index (χ4v) is 5.61. The monoisotopic (exact) mass is 434 g/mol. The first-order valence-electron chi connectivity index (χ1n) is 9.96. The zero-order valence-electron chi connectivity index (χ0n) is 16.6. The van der Waals surface area contributed by atoms with Gasteiger partial charge in [0.25, 0.3) is 0 Å². The summed E-state index contributed by atoms with van der Waals surface area (Å²) in [7, 11) is -3.53. The number of nitrogens with one attached hydrogen (secondary N) is 1. The molecule has 0 aliphatic carbocycles. The maximum absolute atomic E-state index is 13.1. The third kappa shape index (κ3) is 5.59. The Labute approximate surface area is 178 Å². The fraction of sp³-hybridized carbons (Fsp3) is 0.409. The normalized spacial score (nSPS) is 17.8. The Balaban J connectivity index is 1.59. The lowest BCUT2D eigenvalue weighted by Crippen LogP contribution is -2.45. The summed E-state index contributed by atoms with van der Waals surface area (Å²) >= 11 is 6.11. The largest absolute Gasteiger partial charge is 0.356 e. The van der Waals surface area contributed by atoms with Crippen LogP contribution >= 0.6 is 11.6 Å². The van der Waals surface area contributed by atoms with Crippen LogP contribution in [-0.2, 0) is 21.2 Å². The van der Waals surface area contributed by atoms with Crippen molar-refractivity contribution in [2.45, 2.75) is 50.0 Å². The number of nitrogens with zero attached hydrogens (tertiary/aromatic N) is 1. The molecule has 29 heavy (non-hydrogen) atoms. The molecule has 0 bridgehead atoms. The molecule has 2 aromatic carbocycles. The van der Waals surface area contributed by atoms with E-state index in [0.717, 1.165) is 30.4 Å². The van der Waals surface area contributed by atoms with Crippen molar-refractivity contribution in [2.75, 3.05) is 13.1 Å². The smallest absolute Gasteiger partial charge is 0.243 e. The molecule has 0 aromatic heterocycles. The number of hydrogen-bond donors (Lipinski definition) is 1. The molecule has 1 fully saturated rings. The Morgan fingerprint density at radius 1 is 1.14 bits per heavy atom. The molecule has 1 aliphatic rings. The van der Waals surface area contributed by atoms with Crippen LogP contribution in [0.25, 0.3) is 0 Å². The highest BCUT2D eigenvalue weighted by atomic mass is 35.5. The number of amides is 1. The minimum Gasteiger partial charge on any atom is -0.356 e. The van der Waals surface area contributed by atoms with Crippen LogP contribution in [0.4, 0.5) is 0 Å². The van der Waals surface area contributed by atoms with Gasteiger partial charge in [0.2, 0.25) is 15.9 Å². The maximum Gasteiger partial charge on any atom is 0.243 e. The van der Waals surface area contributed by atoms with E-state index in [4.69, 9.17) is 11.6 Å². The predicted molar refractivity (Wildman–Crippen MR) is 115 cm³/mol. The molecule has 1 saturated heterocycles. The number of benzene rings is 2. The van der Waals surface area contributed by atoms with Crippen LogP contribution in [0.15, 0.2) is 53.4 Å². The average Bonchev–Trinajstić information content (AvgIpc) is 2.70. The van der Waals surface area contributed by atoms with Crippen LogP contribution in [0.3, 0.4) is 0 Å². The lowest BCUT2D eigenvalue weighted by Gasteiger charge is -2.34. The van der Waals surface area contributed by atoms with Crippen molar-refractivity contribution in [1.82, 2.24) is 9.62 Å². The average molecular weight is 435 g/mol. The Bertz CT molecular complexity index is 945. The highest BCUT2D eigenvalue weighted by Gasteiger charge is 2.33. The SMILES string of the molecule is Cc1ccc(S(=O)(=O)N2CCCCC2CCNC(=O)Cc2ccccc2Cl)cc1. The number of rotatable bonds is 7. The van der Waals surface area contributed by atoms with E-state index in [9.17, 15) is 13.2 Å². The summed E-state index contributed by atoms with van der Waals surface area (Å²) in [5.74, 6) is -0.109. The third-order valence-electron chi connectivity index (χ3n) is 5.31. The summed E-state index contributed by atoms with van der Waals surface area (Å²) in [4.78, 5) is 12.6. The van der Waals surface area contributed by atoms with Crippen LogP contribution < -0.4 is 5.32 Å². The maximum atomic E-state index is 13.1. The first kappa shape index (κ1) is 21.8. The quantitative estimate of drug-likeness (QED) is 0.717. The van der Waals surface area contributed by atoms with Gasteiger partial charge in [-0.2, -0.15) is 4.31 Å². The second kappa shape index (κ2) is 9.74. The van der Waals surface area contributed by atoms with Crippen LogP contribution in [0.2, 0.25) is 5.02 Å². The van der Waals surface area contributed by atoms with Gasteiger partial charge in [0.15, 0.2) is 0 Å². The van der Waals surface area contributed by atoms with Gasteiger partial charge in [-0.3, -0.25) is 4.79 Å². The van der Waals surface area contributed by atoms with Gasteiger partial charge in [0.1, 0.15) is 0 Å². The third-order valence-corrected chi connectivity index (χ3v) is 7.64. The van der Waals surface area contributed by atoms with Crippen LogP contribution in [0, 0.1) is 6.92 Å². The van der Waals surface area contributed by atoms with Crippen molar-refractivity contribution in [3.63, 3.8) is 0 Å². The van der Waals surface area contributed by atoms with Gasteiger partial charge in [0, 0.05) is 24.2 Å². The molecular formula is C22H27ClN2O3S. The Hall–Kier alpha value is -1.89. The molecule has 0 radical (unpaired) electrons. The number of carbonyl (C=O) groups is 1. The molecule has 2 aromatic rings. The molecule has 0 spiro atoms. The van der Waals surface area contributed by atoms with Gasteiger partial charge < -0.3 is 5.32 Å². The Morgan fingerprint density at radius 3 is 2.59 bits per heavy atom. The molecule has 1 heterocycles. The number of hydrogen-bond acceptors (Lipinski definition) is 3. The minimum absolute atomic E-state index is 0.101. The highest BCUT2D eigenvalue weighted by molar-refractivity contribution is 7.89. The minimum atomic E-state index is -3.53. The molecule has 1 aliphatic heterocycles. The number of piperidine rings is 1. The van der Waals surface area contributed by atoms with Crippen molar-refractivity contribution in [3.8, 4) is 0 Å².